The number of thiophene rings is 1. The Labute approximate surface area is 157 Å². The van der Waals surface area contributed by atoms with Gasteiger partial charge in [0.2, 0.25) is 5.91 Å². The molecule has 3 rings (SSSR count). The van der Waals surface area contributed by atoms with E-state index in [0.29, 0.717) is 25.9 Å². The summed E-state index contributed by atoms with van der Waals surface area (Å²) in [6.45, 7) is 3.23. The third kappa shape index (κ3) is 4.44. The number of hydrogen-bond donors (Lipinski definition) is 2. The van der Waals surface area contributed by atoms with Gasteiger partial charge in [0.15, 0.2) is 0 Å². The van der Waals surface area contributed by atoms with Gasteiger partial charge in [0.05, 0.1) is 10.8 Å². The Hall–Kier alpha value is -1.89. The number of nitrogens with zero attached hydrogens (tertiary/aromatic N) is 1. The van der Waals surface area contributed by atoms with Crippen molar-refractivity contribution in [1.29, 1.82) is 0 Å². The lowest BCUT2D eigenvalue weighted by Crippen LogP contribution is -2.48. The molecule has 0 aromatic carbocycles. The topological polar surface area (TPSA) is 86.7 Å². The highest BCUT2D eigenvalue weighted by molar-refractivity contribution is 7.13. The molecule has 6 nitrogen and oxygen atoms in total. The lowest BCUT2D eigenvalue weighted by atomic mass is 9.80. The van der Waals surface area contributed by atoms with Crippen molar-refractivity contribution in [2.45, 2.75) is 51.5 Å². The highest BCUT2D eigenvalue weighted by Crippen LogP contribution is 2.31. The maximum Gasteiger partial charge on any atom is 0.306 e. The summed E-state index contributed by atoms with van der Waals surface area (Å²) in [5.41, 5.74) is 0. The molecule has 1 aromatic heterocycles. The fourth-order valence-electron chi connectivity index (χ4n) is 3.95. The van der Waals surface area contributed by atoms with Crippen molar-refractivity contribution in [3.05, 3.63) is 21.9 Å². The van der Waals surface area contributed by atoms with Crippen LogP contribution in [0.4, 0.5) is 0 Å². The molecule has 0 bridgehead atoms. The van der Waals surface area contributed by atoms with E-state index in [0.717, 1.165) is 35.4 Å². The Bertz CT molecular complexity index is 679. The summed E-state index contributed by atoms with van der Waals surface area (Å²) in [7, 11) is 0. The average Bonchev–Trinajstić information content (AvgIpc) is 3.08. The molecule has 2 atom stereocenters. The van der Waals surface area contributed by atoms with E-state index in [1.54, 1.807) is 0 Å². The standard InChI is InChI=1S/C19H26N2O4S/c1-12-5-6-16(26-12)17(22)20-15-7-9-21(10-8-15)18(23)13-3-2-4-14(11-13)19(24)25/h5-6,13-15H,2-4,7-11H2,1H3,(H,20,22)(H,24,25). The molecule has 142 valence electrons. The van der Waals surface area contributed by atoms with Crippen molar-refractivity contribution in [2.75, 3.05) is 13.1 Å². The predicted octanol–water partition coefficient (Wildman–Crippen LogP) is 2.67. The van der Waals surface area contributed by atoms with Gasteiger partial charge in [-0.1, -0.05) is 6.42 Å². The molecule has 2 amide bonds. The molecular formula is C19H26N2O4S. The lowest BCUT2D eigenvalue weighted by molar-refractivity contribution is -0.145. The summed E-state index contributed by atoms with van der Waals surface area (Å²) >= 11 is 1.49. The molecule has 2 fully saturated rings. The van der Waals surface area contributed by atoms with Gasteiger partial charge < -0.3 is 15.3 Å². The molecule has 1 aromatic rings. The number of carbonyl (C=O) groups is 3. The molecule has 2 N–H and O–H groups in total. The van der Waals surface area contributed by atoms with Gasteiger partial charge in [0.25, 0.3) is 5.91 Å². The van der Waals surface area contributed by atoms with E-state index in [9.17, 15) is 19.5 Å². The number of carboxylic acid groups (broad SMARTS) is 1. The van der Waals surface area contributed by atoms with Crippen LogP contribution in [0, 0.1) is 18.8 Å². The highest BCUT2D eigenvalue weighted by atomic mass is 32.1. The summed E-state index contributed by atoms with van der Waals surface area (Å²) in [6.07, 6.45) is 4.23. The maximum absolute atomic E-state index is 12.7. The first-order valence-electron chi connectivity index (χ1n) is 9.33. The number of amides is 2. The van der Waals surface area contributed by atoms with Crippen LogP contribution in [-0.2, 0) is 9.59 Å². The van der Waals surface area contributed by atoms with E-state index in [1.807, 2.05) is 24.0 Å². The SMILES string of the molecule is Cc1ccc(C(=O)NC2CCN(C(=O)C3CCCC(C(=O)O)C3)CC2)s1. The van der Waals surface area contributed by atoms with Gasteiger partial charge in [0.1, 0.15) is 0 Å². The predicted molar refractivity (Wildman–Crippen MR) is 99.2 cm³/mol. The molecular weight excluding hydrogens is 352 g/mol. The number of aryl methyl sites for hydroxylation is 1. The lowest BCUT2D eigenvalue weighted by Gasteiger charge is -2.36. The first kappa shape index (κ1) is 18.9. The Morgan fingerprint density at radius 3 is 2.42 bits per heavy atom. The van der Waals surface area contributed by atoms with Crippen LogP contribution in [0.2, 0.25) is 0 Å². The highest BCUT2D eigenvalue weighted by Gasteiger charge is 2.34. The average molecular weight is 378 g/mol. The van der Waals surface area contributed by atoms with Gasteiger partial charge in [-0.25, -0.2) is 0 Å². The number of rotatable bonds is 4. The zero-order valence-electron chi connectivity index (χ0n) is 15.1. The third-order valence-corrected chi connectivity index (χ3v) is 6.48. The summed E-state index contributed by atoms with van der Waals surface area (Å²) in [5.74, 6) is -1.28. The van der Waals surface area contributed by atoms with Crippen molar-refractivity contribution >= 4 is 29.1 Å². The summed E-state index contributed by atoms with van der Waals surface area (Å²) in [5, 5.41) is 12.3. The minimum atomic E-state index is -0.785. The molecule has 0 radical (unpaired) electrons. The molecule has 7 heteroatoms. The Morgan fingerprint density at radius 1 is 1.12 bits per heavy atom. The van der Waals surface area contributed by atoms with Gasteiger partial charge in [-0.05, 0) is 51.2 Å². The molecule has 26 heavy (non-hydrogen) atoms. The van der Waals surface area contributed by atoms with Crippen LogP contribution in [0.5, 0.6) is 0 Å². The first-order valence-corrected chi connectivity index (χ1v) is 10.1. The minimum absolute atomic E-state index is 0.0375. The molecule has 2 heterocycles. The minimum Gasteiger partial charge on any atom is -0.481 e. The quantitative estimate of drug-likeness (QED) is 0.843. The van der Waals surface area contributed by atoms with Crippen molar-refractivity contribution < 1.29 is 19.5 Å². The summed E-state index contributed by atoms with van der Waals surface area (Å²) in [4.78, 5) is 39.9. The second-order valence-corrected chi connectivity index (χ2v) is 8.67. The van der Waals surface area contributed by atoms with E-state index >= 15 is 0 Å². The van der Waals surface area contributed by atoms with Crippen LogP contribution in [-0.4, -0.2) is 46.9 Å². The Balaban J connectivity index is 1.48. The fourth-order valence-corrected chi connectivity index (χ4v) is 4.72. The van der Waals surface area contributed by atoms with Gasteiger partial charge in [-0.2, -0.15) is 0 Å². The monoisotopic (exact) mass is 378 g/mol. The molecule has 2 unspecified atom stereocenters. The zero-order valence-corrected chi connectivity index (χ0v) is 15.9. The van der Waals surface area contributed by atoms with Crippen molar-refractivity contribution in [3.8, 4) is 0 Å². The number of carboxylic acids is 1. The van der Waals surface area contributed by atoms with E-state index in [-0.39, 0.29) is 29.7 Å². The van der Waals surface area contributed by atoms with E-state index in [2.05, 4.69) is 5.32 Å². The van der Waals surface area contributed by atoms with Gasteiger partial charge in [0, 0.05) is 29.9 Å². The largest absolute Gasteiger partial charge is 0.481 e. The van der Waals surface area contributed by atoms with Crippen LogP contribution in [0.1, 0.15) is 53.1 Å². The van der Waals surface area contributed by atoms with Crippen molar-refractivity contribution in [1.82, 2.24) is 10.2 Å². The Morgan fingerprint density at radius 2 is 1.81 bits per heavy atom. The second kappa shape index (κ2) is 8.20. The number of hydrogen-bond acceptors (Lipinski definition) is 4. The van der Waals surface area contributed by atoms with Gasteiger partial charge >= 0.3 is 5.97 Å². The molecule has 1 aliphatic heterocycles. The van der Waals surface area contributed by atoms with Crippen molar-refractivity contribution in [3.63, 3.8) is 0 Å². The van der Waals surface area contributed by atoms with Crippen LogP contribution in [0.3, 0.4) is 0 Å². The van der Waals surface area contributed by atoms with Crippen LogP contribution in [0.15, 0.2) is 12.1 Å². The first-order chi connectivity index (χ1) is 12.4. The molecule has 1 saturated heterocycles. The second-order valence-electron chi connectivity index (χ2n) is 7.38. The summed E-state index contributed by atoms with van der Waals surface area (Å²) < 4.78 is 0. The number of aliphatic carboxylic acids is 1. The van der Waals surface area contributed by atoms with Gasteiger partial charge in [-0.15, -0.1) is 11.3 Å². The normalized spacial score (nSPS) is 24.3. The Kier molecular flexibility index (Phi) is 5.96. The number of carbonyl (C=O) groups excluding carboxylic acids is 2. The van der Waals surface area contributed by atoms with Crippen LogP contribution in [0.25, 0.3) is 0 Å². The number of piperidine rings is 1. The van der Waals surface area contributed by atoms with Crippen LogP contribution >= 0.6 is 11.3 Å². The van der Waals surface area contributed by atoms with E-state index in [1.165, 1.54) is 11.3 Å². The molecule has 0 spiro atoms. The summed E-state index contributed by atoms with van der Waals surface area (Å²) in [6, 6.07) is 3.87. The molecule has 1 saturated carbocycles. The van der Waals surface area contributed by atoms with E-state index < -0.39 is 5.97 Å². The van der Waals surface area contributed by atoms with Crippen molar-refractivity contribution in [2.24, 2.45) is 11.8 Å². The zero-order chi connectivity index (χ0) is 18.7. The smallest absolute Gasteiger partial charge is 0.306 e. The molecule has 2 aliphatic rings. The number of nitrogens with one attached hydrogen (secondary N) is 1. The molecule has 1 aliphatic carbocycles. The fraction of sp³-hybridized carbons (Fsp3) is 0.632. The maximum atomic E-state index is 12.7. The third-order valence-electron chi connectivity index (χ3n) is 5.48. The number of likely N-dealkylation sites (tertiary alicyclic amines) is 1. The van der Waals surface area contributed by atoms with E-state index in [4.69, 9.17) is 0 Å². The van der Waals surface area contributed by atoms with Crippen LogP contribution < -0.4 is 5.32 Å². The van der Waals surface area contributed by atoms with Gasteiger partial charge in [-0.3, -0.25) is 14.4 Å².